The smallest absolute Gasteiger partial charge is 0.325 e. The lowest BCUT2D eigenvalue weighted by Gasteiger charge is -2.23. The van der Waals surface area contributed by atoms with Crippen molar-refractivity contribution in [1.82, 2.24) is 15.3 Å². The molecule has 2 aromatic rings. The molecule has 1 aliphatic heterocycles. The Bertz CT molecular complexity index is 923. The van der Waals surface area contributed by atoms with Crippen molar-refractivity contribution in [3.63, 3.8) is 0 Å². The van der Waals surface area contributed by atoms with E-state index in [1.54, 1.807) is 4.90 Å². The number of aryl methyl sites for hydroxylation is 1. The number of fused-ring (bicyclic) bond motifs is 1. The van der Waals surface area contributed by atoms with Gasteiger partial charge in [-0.1, -0.05) is 31.5 Å². The van der Waals surface area contributed by atoms with Gasteiger partial charge in [0.25, 0.3) is 5.91 Å². The third kappa shape index (κ3) is 4.14. The zero-order valence-electron chi connectivity index (χ0n) is 16.5. The van der Waals surface area contributed by atoms with E-state index in [1.807, 2.05) is 31.2 Å². The Morgan fingerprint density at radius 3 is 2.79 bits per heavy atom. The summed E-state index contributed by atoms with van der Waals surface area (Å²) >= 11 is 0. The summed E-state index contributed by atoms with van der Waals surface area (Å²) in [5.41, 5.74) is 8.34. The van der Waals surface area contributed by atoms with Crippen LogP contribution < -0.4 is 16.0 Å². The predicted molar refractivity (Wildman–Crippen MR) is 106 cm³/mol. The Labute approximate surface area is 168 Å². The molecule has 1 aromatic heterocycles. The number of rotatable bonds is 7. The van der Waals surface area contributed by atoms with Gasteiger partial charge in [0.1, 0.15) is 18.1 Å². The van der Waals surface area contributed by atoms with Crippen LogP contribution in [-0.2, 0) is 27.2 Å². The molecule has 0 unspecified atom stereocenters. The van der Waals surface area contributed by atoms with Gasteiger partial charge in [0, 0.05) is 17.8 Å². The fourth-order valence-corrected chi connectivity index (χ4v) is 3.53. The maximum Gasteiger partial charge on any atom is 0.325 e. The highest BCUT2D eigenvalue weighted by atomic mass is 16.5. The highest BCUT2D eigenvalue weighted by Gasteiger charge is 2.36. The summed E-state index contributed by atoms with van der Waals surface area (Å²) in [5, 5.41) is 2.52. The lowest BCUT2D eigenvalue weighted by Crippen LogP contribution is -2.37. The van der Waals surface area contributed by atoms with Gasteiger partial charge in [0.15, 0.2) is 0 Å². The zero-order valence-corrected chi connectivity index (χ0v) is 16.5. The van der Waals surface area contributed by atoms with Crippen LogP contribution in [0.3, 0.4) is 0 Å². The van der Waals surface area contributed by atoms with E-state index in [1.165, 1.54) is 7.11 Å². The van der Waals surface area contributed by atoms with Crippen molar-refractivity contribution in [2.75, 3.05) is 25.1 Å². The summed E-state index contributed by atoms with van der Waals surface area (Å²) in [7, 11) is 1.25. The number of ether oxygens (including phenoxy) is 1. The van der Waals surface area contributed by atoms with E-state index in [2.05, 4.69) is 20.0 Å². The molecule has 4 N–H and O–H groups in total. The summed E-state index contributed by atoms with van der Waals surface area (Å²) in [5.74, 6) is -0.703. The minimum absolute atomic E-state index is 0.125. The number of hydrogen-bond acceptors (Lipinski definition) is 6. The van der Waals surface area contributed by atoms with Gasteiger partial charge in [-0.15, -0.1) is 0 Å². The molecule has 0 aliphatic carbocycles. The van der Waals surface area contributed by atoms with Gasteiger partial charge in [-0.05, 0) is 18.1 Å². The Hall–Kier alpha value is -3.20. The van der Waals surface area contributed by atoms with Gasteiger partial charge in [-0.25, -0.2) is 4.98 Å². The van der Waals surface area contributed by atoms with E-state index in [-0.39, 0.29) is 30.7 Å². The average Bonchev–Trinajstić information content (AvgIpc) is 3.33. The van der Waals surface area contributed by atoms with Crippen LogP contribution in [0.25, 0.3) is 0 Å². The van der Waals surface area contributed by atoms with Gasteiger partial charge in [-0.2, -0.15) is 0 Å². The number of amides is 2. The third-order valence-corrected chi connectivity index (χ3v) is 4.87. The highest BCUT2D eigenvalue weighted by molar-refractivity contribution is 5.98. The van der Waals surface area contributed by atoms with Gasteiger partial charge >= 0.3 is 5.97 Å². The standard InChI is InChI=1S/C20H25N5O4/c1-3-6-13-18(20(28)22-11-17(27)29-2)24-19(23-13)15-9-12-7-4-5-8-14(12)25(15)16(26)10-21/h4-5,7-8,15H,3,6,9-11,21H2,1-2H3,(H,22,28)(H,23,24)/t15-/m0/s1. The van der Waals surface area contributed by atoms with Crippen LogP contribution in [0, 0.1) is 0 Å². The number of carbonyl (C=O) groups excluding carboxylic acids is 3. The van der Waals surface area contributed by atoms with Gasteiger partial charge in [-0.3, -0.25) is 14.4 Å². The van der Waals surface area contributed by atoms with Crippen LogP contribution in [-0.4, -0.2) is 48.0 Å². The number of esters is 1. The number of carbonyl (C=O) groups is 3. The number of imidazole rings is 1. The first-order valence-electron chi connectivity index (χ1n) is 9.53. The van der Waals surface area contributed by atoms with Gasteiger partial charge in [0.05, 0.1) is 19.7 Å². The molecule has 0 bridgehead atoms. The van der Waals surface area contributed by atoms with Crippen molar-refractivity contribution in [3.8, 4) is 0 Å². The Morgan fingerprint density at radius 2 is 2.10 bits per heavy atom. The van der Waals surface area contributed by atoms with Crippen LogP contribution in [0.1, 0.15) is 47.0 Å². The molecule has 9 nitrogen and oxygen atoms in total. The van der Waals surface area contributed by atoms with Crippen LogP contribution in [0.5, 0.6) is 0 Å². The molecule has 1 aromatic carbocycles. The van der Waals surface area contributed by atoms with Crippen LogP contribution >= 0.6 is 0 Å². The molecule has 0 radical (unpaired) electrons. The number of aromatic nitrogens is 2. The molecule has 2 heterocycles. The number of anilines is 1. The van der Waals surface area contributed by atoms with Crippen LogP contribution in [0.2, 0.25) is 0 Å². The second-order valence-electron chi connectivity index (χ2n) is 6.77. The largest absolute Gasteiger partial charge is 0.468 e. The zero-order chi connectivity index (χ0) is 21.0. The van der Waals surface area contributed by atoms with E-state index in [4.69, 9.17) is 5.73 Å². The lowest BCUT2D eigenvalue weighted by molar-refractivity contribution is -0.139. The molecule has 0 fully saturated rings. The number of nitrogens with one attached hydrogen (secondary N) is 2. The summed E-state index contributed by atoms with van der Waals surface area (Å²) in [6, 6.07) is 7.26. The molecular weight excluding hydrogens is 374 g/mol. The second-order valence-corrected chi connectivity index (χ2v) is 6.77. The summed E-state index contributed by atoms with van der Waals surface area (Å²) in [6.45, 7) is 1.63. The van der Waals surface area contributed by atoms with E-state index in [9.17, 15) is 14.4 Å². The van der Waals surface area contributed by atoms with E-state index in [0.29, 0.717) is 24.4 Å². The topological polar surface area (TPSA) is 130 Å². The Morgan fingerprint density at radius 1 is 1.34 bits per heavy atom. The third-order valence-electron chi connectivity index (χ3n) is 4.87. The van der Waals surface area contributed by atoms with Crippen molar-refractivity contribution in [1.29, 1.82) is 0 Å². The maximum absolute atomic E-state index is 12.6. The van der Waals surface area contributed by atoms with Gasteiger partial charge in [0.2, 0.25) is 5.91 Å². The molecule has 2 amide bonds. The number of nitrogens with two attached hydrogens (primary N) is 1. The van der Waals surface area contributed by atoms with Crippen molar-refractivity contribution in [2.24, 2.45) is 5.73 Å². The number of para-hydroxylation sites is 1. The number of H-pyrrole nitrogens is 1. The number of hydrogen-bond donors (Lipinski definition) is 3. The molecule has 1 atom stereocenters. The first-order chi connectivity index (χ1) is 14.0. The Kier molecular flexibility index (Phi) is 6.28. The molecule has 3 rings (SSSR count). The SMILES string of the molecule is CCCc1[nH]c([C@@H]2Cc3ccccc3N2C(=O)CN)nc1C(=O)NCC(=O)OC. The maximum atomic E-state index is 12.6. The fraction of sp³-hybridized carbons (Fsp3) is 0.400. The number of benzene rings is 1. The van der Waals surface area contributed by atoms with E-state index in [0.717, 1.165) is 17.7 Å². The van der Waals surface area contributed by atoms with Crippen molar-refractivity contribution >= 4 is 23.5 Å². The van der Waals surface area contributed by atoms with Crippen molar-refractivity contribution in [3.05, 3.63) is 47.0 Å². The van der Waals surface area contributed by atoms with Crippen molar-refractivity contribution in [2.45, 2.75) is 32.2 Å². The first-order valence-corrected chi connectivity index (χ1v) is 9.53. The minimum atomic E-state index is -0.544. The molecule has 0 saturated heterocycles. The van der Waals surface area contributed by atoms with Crippen LogP contribution in [0.4, 0.5) is 5.69 Å². The Balaban J connectivity index is 1.93. The van der Waals surface area contributed by atoms with Crippen LogP contribution in [0.15, 0.2) is 24.3 Å². The number of methoxy groups -OCH3 is 1. The molecule has 9 heteroatoms. The quantitative estimate of drug-likeness (QED) is 0.592. The number of aromatic amines is 1. The molecule has 0 spiro atoms. The monoisotopic (exact) mass is 399 g/mol. The molecule has 0 saturated carbocycles. The summed E-state index contributed by atoms with van der Waals surface area (Å²) in [6.07, 6.45) is 1.98. The molecular formula is C20H25N5O4. The first kappa shape index (κ1) is 20.5. The average molecular weight is 399 g/mol. The highest BCUT2D eigenvalue weighted by Crippen LogP contribution is 2.39. The van der Waals surface area contributed by atoms with E-state index < -0.39 is 11.9 Å². The summed E-state index contributed by atoms with van der Waals surface area (Å²) < 4.78 is 4.55. The fourth-order valence-electron chi connectivity index (χ4n) is 3.53. The lowest BCUT2D eigenvalue weighted by atomic mass is 10.1. The van der Waals surface area contributed by atoms with Gasteiger partial charge < -0.3 is 25.7 Å². The molecule has 1 aliphatic rings. The van der Waals surface area contributed by atoms with Crippen molar-refractivity contribution < 1.29 is 19.1 Å². The number of nitrogens with zero attached hydrogens (tertiary/aromatic N) is 2. The van der Waals surface area contributed by atoms with E-state index >= 15 is 0 Å². The normalized spacial score (nSPS) is 15.1. The summed E-state index contributed by atoms with van der Waals surface area (Å²) in [4.78, 5) is 45.8. The molecule has 29 heavy (non-hydrogen) atoms. The molecule has 154 valence electrons. The second kappa shape index (κ2) is 8.87. The predicted octanol–water partition coefficient (Wildman–Crippen LogP) is 0.854. The minimum Gasteiger partial charge on any atom is -0.468 e.